The number of nitrogens with one attached hydrogen (secondary N) is 1. The average molecular weight is 185 g/mol. The Bertz CT molecular complexity index is 141. The fraction of sp³-hybridized carbons (Fsp3) is 1.00. The Kier molecular flexibility index (Phi) is 4.20. The largest absolute Gasteiger partial charge is 0.377 e. The van der Waals surface area contributed by atoms with Crippen molar-refractivity contribution in [2.75, 3.05) is 13.7 Å². The summed E-state index contributed by atoms with van der Waals surface area (Å²) in [6, 6.07) is 0.500. The Balaban J connectivity index is 2.44. The van der Waals surface area contributed by atoms with Gasteiger partial charge in [-0.05, 0) is 32.7 Å². The van der Waals surface area contributed by atoms with E-state index < -0.39 is 0 Å². The lowest BCUT2D eigenvalue weighted by Crippen LogP contribution is -2.48. The van der Waals surface area contributed by atoms with E-state index in [0.717, 1.165) is 6.54 Å². The summed E-state index contributed by atoms with van der Waals surface area (Å²) in [5, 5.41) is 3.54. The number of methoxy groups -OCH3 is 1. The van der Waals surface area contributed by atoms with Crippen molar-refractivity contribution >= 4 is 0 Å². The zero-order valence-corrected chi connectivity index (χ0v) is 9.23. The SMILES string of the molecule is CCCNC(C)C1(OC)CCCC1. The standard InChI is InChI=1S/C11H23NO/c1-4-9-12-10(2)11(13-3)7-5-6-8-11/h10,12H,4-9H2,1-3H3. The Hall–Kier alpha value is -0.0800. The number of rotatable bonds is 5. The Labute approximate surface area is 82.0 Å². The minimum absolute atomic E-state index is 0.134. The molecule has 1 N–H and O–H groups in total. The lowest BCUT2D eigenvalue weighted by Gasteiger charge is -2.34. The highest BCUT2D eigenvalue weighted by atomic mass is 16.5. The zero-order valence-electron chi connectivity index (χ0n) is 9.23. The molecular weight excluding hydrogens is 162 g/mol. The van der Waals surface area contributed by atoms with Crippen LogP contribution in [-0.2, 0) is 4.74 Å². The molecular formula is C11H23NO. The molecule has 0 spiro atoms. The molecule has 78 valence electrons. The monoisotopic (exact) mass is 185 g/mol. The Morgan fingerprint density at radius 2 is 2.00 bits per heavy atom. The molecule has 0 heterocycles. The van der Waals surface area contributed by atoms with E-state index in [4.69, 9.17) is 4.74 Å². The normalized spacial score (nSPS) is 23.3. The van der Waals surface area contributed by atoms with Gasteiger partial charge in [0.1, 0.15) is 0 Å². The topological polar surface area (TPSA) is 21.3 Å². The van der Waals surface area contributed by atoms with Crippen LogP contribution < -0.4 is 5.32 Å². The predicted molar refractivity (Wildman–Crippen MR) is 56.0 cm³/mol. The highest BCUT2D eigenvalue weighted by Gasteiger charge is 2.38. The van der Waals surface area contributed by atoms with Crippen LogP contribution in [0.2, 0.25) is 0 Å². The average Bonchev–Trinajstić information content (AvgIpc) is 2.63. The van der Waals surface area contributed by atoms with Crippen molar-refractivity contribution in [2.24, 2.45) is 0 Å². The van der Waals surface area contributed by atoms with Crippen LogP contribution in [0.3, 0.4) is 0 Å². The lowest BCUT2D eigenvalue weighted by atomic mass is 9.93. The summed E-state index contributed by atoms with van der Waals surface area (Å²) >= 11 is 0. The maximum absolute atomic E-state index is 5.70. The zero-order chi connectivity index (χ0) is 9.73. The van der Waals surface area contributed by atoms with Gasteiger partial charge in [0.25, 0.3) is 0 Å². The van der Waals surface area contributed by atoms with Gasteiger partial charge < -0.3 is 10.1 Å². The van der Waals surface area contributed by atoms with Gasteiger partial charge >= 0.3 is 0 Å². The summed E-state index contributed by atoms with van der Waals surface area (Å²) in [6.07, 6.45) is 6.30. The first-order valence-electron chi connectivity index (χ1n) is 5.53. The van der Waals surface area contributed by atoms with E-state index in [9.17, 15) is 0 Å². The molecule has 0 bridgehead atoms. The van der Waals surface area contributed by atoms with Crippen molar-refractivity contribution in [1.29, 1.82) is 0 Å². The quantitative estimate of drug-likeness (QED) is 0.710. The second-order valence-corrected chi connectivity index (χ2v) is 4.15. The van der Waals surface area contributed by atoms with E-state index in [1.54, 1.807) is 0 Å². The maximum atomic E-state index is 5.70. The van der Waals surface area contributed by atoms with Crippen LogP contribution in [0.25, 0.3) is 0 Å². The van der Waals surface area contributed by atoms with E-state index in [2.05, 4.69) is 19.2 Å². The maximum Gasteiger partial charge on any atom is 0.0828 e. The van der Waals surface area contributed by atoms with Crippen molar-refractivity contribution in [3.8, 4) is 0 Å². The molecule has 0 amide bonds. The van der Waals surface area contributed by atoms with Crippen LogP contribution in [0.4, 0.5) is 0 Å². The summed E-state index contributed by atoms with van der Waals surface area (Å²) in [5.74, 6) is 0. The molecule has 0 aromatic rings. The smallest absolute Gasteiger partial charge is 0.0828 e. The molecule has 0 saturated heterocycles. The summed E-state index contributed by atoms with van der Waals surface area (Å²) in [6.45, 7) is 5.56. The fourth-order valence-electron chi connectivity index (χ4n) is 2.33. The second kappa shape index (κ2) is 4.97. The third kappa shape index (κ3) is 2.44. The van der Waals surface area contributed by atoms with E-state index in [0.29, 0.717) is 6.04 Å². The minimum atomic E-state index is 0.134. The van der Waals surface area contributed by atoms with Gasteiger partial charge in [0, 0.05) is 13.2 Å². The molecule has 0 aromatic carbocycles. The van der Waals surface area contributed by atoms with Gasteiger partial charge in [-0.15, -0.1) is 0 Å². The van der Waals surface area contributed by atoms with Crippen LogP contribution in [0, 0.1) is 0 Å². The third-order valence-corrected chi connectivity index (χ3v) is 3.35. The number of ether oxygens (including phenoxy) is 1. The van der Waals surface area contributed by atoms with Gasteiger partial charge in [0.15, 0.2) is 0 Å². The second-order valence-electron chi connectivity index (χ2n) is 4.15. The van der Waals surface area contributed by atoms with Gasteiger partial charge in [-0.2, -0.15) is 0 Å². The Morgan fingerprint density at radius 1 is 1.38 bits per heavy atom. The van der Waals surface area contributed by atoms with Crippen molar-refractivity contribution in [3.63, 3.8) is 0 Å². The van der Waals surface area contributed by atoms with Gasteiger partial charge in [0.05, 0.1) is 5.60 Å². The molecule has 1 aliphatic rings. The summed E-state index contributed by atoms with van der Waals surface area (Å²) < 4.78 is 5.70. The van der Waals surface area contributed by atoms with Crippen LogP contribution >= 0.6 is 0 Å². The van der Waals surface area contributed by atoms with Crippen molar-refractivity contribution in [1.82, 2.24) is 5.32 Å². The molecule has 1 saturated carbocycles. The molecule has 2 heteroatoms. The fourth-order valence-corrected chi connectivity index (χ4v) is 2.33. The molecule has 0 aliphatic heterocycles. The molecule has 13 heavy (non-hydrogen) atoms. The van der Waals surface area contributed by atoms with Gasteiger partial charge in [-0.1, -0.05) is 19.8 Å². The first kappa shape index (κ1) is 11.0. The lowest BCUT2D eigenvalue weighted by molar-refractivity contribution is -0.0305. The molecule has 1 unspecified atom stereocenters. The first-order valence-corrected chi connectivity index (χ1v) is 5.53. The Morgan fingerprint density at radius 3 is 2.46 bits per heavy atom. The molecule has 1 fully saturated rings. The third-order valence-electron chi connectivity index (χ3n) is 3.35. The summed E-state index contributed by atoms with van der Waals surface area (Å²) in [7, 11) is 1.86. The molecule has 1 aliphatic carbocycles. The van der Waals surface area contributed by atoms with E-state index in [1.165, 1.54) is 32.1 Å². The van der Waals surface area contributed by atoms with Crippen LogP contribution in [0.1, 0.15) is 46.0 Å². The highest BCUT2D eigenvalue weighted by molar-refractivity contribution is 4.94. The molecule has 0 aromatic heterocycles. The molecule has 2 nitrogen and oxygen atoms in total. The number of hydrogen-bond acceptors (Lipinski definition) is 2. The van der Waals surface area contributed by atoms with Gasteiger partial charge in [0.2, 0.25) is 0 Å². The first-order chi connectivity index (χ1) is 6.25. The van der Waals surface area contributed by atoms with Crippen LogP contribution in [0.15, 0.2) is 0 Å². The summed E-state index contributed by atoms with van der Waals surface area (Å²) in [4.78, 5) is 0. The molecule has 1 rings (SSSR count). The summed E-state index contributed by atoms with van der Waals surface area (Å²) in [5.41, 5.74) is 0.134. The van der Waals surface area contributed by atoms with E-state index in [-0.39, 0.29) is 5.60 Å². The van der Waals surface area contributed by atoms with Crippen molar-refractivity contribution < 1.29 is 4.74 Å². The minimum Gasteiger partial charge on any atom is -0.377 e. The number of hydrogen-bond donors (Lipinski definition) is 1. The molecule has 0 radical (unpaired) electrons. The van der Waals surface area contributed by atoms with Gasteiger partial charge in [-0.25, -0.2) is 0 Å². The highest BCUT2D eigenvalue weighted by Crippen LogP contribution is 2.35. The van der Waals surface area contributed by atoms with Crippen LogP contribution in [0.5, 0.6) is 0 Å². The van der Waals surface area contributed by atoms with Crippen molar-refractivity contribution in [3.05, 3.63) is 0 Å². The van der Waals surface area contributed by atoms with E-state index in [1.807, 2.05) is 7.11 Å². The predicted octanol–water partition coefficient (Wildman–Crippen LogP) is 2.33. The molecule has 1 atom stereocenters. The van der Waals surface area contributed by atoms with Crippen molar-refractivity contribution in [2.45, 2.75) is 57.6 Å². The van der Waals surface area contributed by atoms with E-state index >= 15 is 0 Å². The van der Waals surface area contributed by atoms with Gasteiger partial charge in [-0.3, -0.25) is 0 Å². The van der Waals surface area contributed by atoms with Crippen LogP contribution in [-0.4, -0.2) is 25.3 Å².